The zero-order valence-corrected chi connectivity index (χ0v) is 16.2. The lowest BCUT2D eigenvalue weighted by Crippen LogP contribution is -2.45. The van der Waals surface area contributed by atoms with Crippen molar-refractivity contribution in [1.82, 2.24) is 5.32 Å². The van der Waals surface area contributed by atoms with E-state index >= 15 is 0 Å². The van der Waals surface area contributed by atoms with Gasteiger partial charge in [0.05, 0.1) is 0 Å². The first kappa shape index (κ1) is 19.7. The minimum absolute atomic E-state index is 0.749. The predicted molar refractivity (Wildman–Crippen MR) is 103 cm³/mol. The van der Waals surface area contributed by atoms with Crippen molar-refractivity contribution >= 4 is 23.5 Å². The molecule has 1 N–H and O–H groups in total. The Labute approximate surface area is 142 Å². The molecule has 1 rings (SSSR count). The average molecular weight is 332 g/mol. The molecule has 0 amide bonds. The fraction of sp³-hybridized carbons (Fsp3) is 1.00. The second kappa shape index (κ2) is 13.1. The molecule has 1 heterocycles. The second-order valence-corrected chi connectivity index (χ2v) is 8.90. The SMILES string of the molecule is CCCCCCCCC(NCCC)C1SCCSC1CC. The molecule has 3 heteroatoms. The number of nitrogens with one attached hydrogen (secondary N) is 1. The van der Waals surface area contributed by atoms with Crippen molar-refractivity contribution in [2.45, 2.75) is 95.1 Å². The maximum Gasteiger partial charge on any atom is 0.0320 e. The van der Waals surface area contributed by atoms with Gasteiger partial charge in [0.25, 0.3) is 0 Å². The summed E-state index contributed by atoms with van der Waals surface area (Å²) >= 11 is 4.47. The number of hydrogen-bond donors (Lipinski definition) is 1. The molecule has 1 fully saturated rings. The van der Waals surface area contributed by atoms with E-state index in [1.54, 1.807) is 0 Å². The summed E-state index contributed by atoms with van der Waals surface area (Å²) in [7, 11) is 0. The van der Waals surface area contributed by atoms with Crippen LogP contribution in [0.4, 0.5) is 0 Å². The van der Waals surface area contributed by atoms with Gasteiger partial charge in [0.15, 0.2) is 0 Å². The van der Waals surface area contributed by atoms with Crippen molar-refractivity contribution in [3.05, 3.63) is 0 Å². The summed E-state index contributed by atoms with van der Waals surface area (Å²) in [6.45, 7) is 8.15. The summed E-state index contributed by atoms with van der Waals surface area (Å²) < 4.78 is 0. The van der Waals surface area contributed by atoms with Crippen LogP contribution in [0.15, 0.2) is 0 Å². The van der Waals surface area contributed by atoms with Crippen LogP contribution in [0.3, 0.4) is 0 Å². The van der Waals surface area contributed by atoms with Crippen LogP contribution in [0, 0.1) is 0 Å². The van der Waals surface area contributed by atoms with Gasteiger partial charge < -0.3 is 5.32 Å². The topological polar surface area (TPSA) is 12.0 Å². The summed E-state index contributed by atoms with van der Waals surface area (Å²) in [6.07, 6.45) is 12.5. The lowest BCUT2D eigenvalue weighted by atomic mass is 10.0. The summed E-state index contributed by atoms with van der Waals surface area (Å²) in [5.41, 5.74) is 0. The number of unbranched alkanes of at least 4 members (excludes halogenated alkanes) is 5. The molecule has 3 atom stereocenters. The molecular formula is C18H37NS2. The molecule has 1 nitrogen and oxygen atoms in total. The highest BCUT2D eigenvalue weighted by atomic mass is 32.2. The molecule has 0 spiro atoms. The average Bonchev–Trinajstić information content (AvgIpc) is 2.53. The second-order valence-electron chi connectivity index (χ2n) is 6.27. The predicted octanol–water partition coefficient (Wildman–Crippen LogP) is 5.73. The highest BCUT2D eigenvalue weighted by Crippen LogP contribution is 2.36. The first-order valence-corrected chi connectivity index (χ1v) is 11.4. The molecule has 1 aliphatic rings. The van der Waals surface area contributed by atoms with Gasteiger partial charge in [-0.3, -0.25) is 0 Å². The van der Waals surface area contributed by atoms with Crippen molar-refractivity contribution in [2.75, 3.05) is 18.1 Å². The lowest BCUT2D eigenvalue weighted by molar-refractivity contribution is 0.431. The molecule has 1 saturated heterocycles. The van der Waals surface area contributed by atoms with Crippen LogP contribution in [-0.2, 0) is 0 Å². The van der Waals surface area contributed by atoms with Crippen LogP contribution in [0.2, 0.25) is 0 Å². The van der Waals surface area contributed by atoms with Crippen LogP contribution in [0.25, 0.3) is 0 Å². The number of thioether (sulfide) groups is 2. The normalized spacial score (nSPS) is 24.1. The Kier molecular flexibility index (Phi) is 12.3. The fourth-order valence-electron chi connectivity index (χ4n) is 3.17. The van der Waals surface area contributed by atoms with Crippen molar-refractivity contribution in [3.63, 3.8) is 0 Å². The van der Waals surface area contributed by atoms with E-state index in [0.29, 0.717) is 0 Å². The molecule has 0 bridgehead atoms. The fourth-order valence-corrected chi connectivity index (χ4v) is 6.47. The van der Waals surface area contributed by atoms with Gasteiger partial charge in [0.2, 0.25) is 0 Å². The molecule has 0 aliphatic carbocycles. The monoisotopic (exact) mass is 331 g/mol. The third-order valence-corrected chi connectivity index (χ3v) is 7.82. The Morgan fingerprint density at radius 2 is 1.62 bits per heavy atom. The van der Waals surface area contributed by atoms with Crippen LogP contribution in [-0.4, -0.2) is 34.6 Å². The molecule has 1 aliphatic heterocycles. The summed E-state index contributed by atoms with van der Waals surface area (Å²) in [4.78, 5) is 0. The third-order valence-electron chi connectivity index (χ3n) is 4.42. The zero-order valence-electron chi connectivity index (χ0n) is 14.5. The Balaban J connectivity index is 2.35. The molecule has 0 saturated carbocycles. The van der Waals surface area contributed by atoms with E-state index < -0.39 is 0 Å². The quantitative estimate of drug-likeness (QED) is 0.458. The Morgan fingerprint density at radius 1 is 0.905 bits per heavy atom. The molecule has 0 aromatic heterocycles. The molecule has 126 valence electrons. The number of rotatable bonds is 12. The maximum atomic E-state index is 3.87. The molecular weight excluding hydrogens is 294 g/mol. The van der Waals surface area contributed by atoms with Gasteiger partial charge in [0.1, 0.15) is 0 Å². The zero-order chi connectivity index (χ0) is 15.3. The Hall–Kier alpha value is 0.660. The molecule has 0 radical (unpaired) electrons. The van der Waals surface area contributed by atoms with Gasteiger partial charge in [-0.25, -0.2) is 0 Å². The summed E-state index contributed by atoms with van der Waals surface area (Å²) in [5, 5.41) is 5.59. The summed E-state index contributed by atoms with van der Waals surface area (Å²) in [5.74, 6) is 2.71. The molecule has 0 aromatic carbocycles. The van der Waals surface area contributed by atoms with E-state index in [-0.39, 0.29) is 0 Å². The van der Waals surface area contributed by atoms with Gasteiger partial charge in [0, 0.05) is 28.0 Å². The van der Waals surface area contributed by atoms with E-state index in [2.05, 4.69) is 49.6 Å². The van der Waals surface area contributed by atoms with Crippen molar-refractivity contribution < 1.29 is 0 Å². The molecule has 3 unspecified atom stereocenters. The van der Waals surface area contributed by atoms with Crippen molar-refractivity contribution in [1.29, 1.82) is 0 Å². The first-order valence-electron chi connectivity index (χ1n) is 9.30. The van der Waals surface area contributed by atoms with E-state index in [1.165, 1.54) is 75.8 Å². The Morgan fingerprint density at radius 3 is 2.33 bits per heavy atom. The smallest absolute Gasteiger partial charge is 0.0320 e. The van der Waals surface area contributed by atoms with Crippen LogP contribution >= 0.6 is 23.5 Å². The minimum atomic E-state index is 0.749. The highest BCUT2D eigenvalue weighted by molar-refractivity contribution is 8.07. The maximum absolute atomic E-state index is 3.87. The largest absolute Gasteiger partial charge is 0.313 e. The van der Waals surface area contributed by atoms with E-state index in [4.69, 9.17) is 0 Å². The van der Waals surface area contributed by atoms with Crippen LogP contribution in [0.5, 0.6) is 0 Å². The van der Waals surface area contributed by atoms with Gasteiger partial charge in [-0.15, -0.1) is 0 Å². The third kappa shape index (κ3) is 8.18. The lowest BCUT2D eigenvalue weighted by Gasteiger charge is -2.36. The van der Waals surface area contributed by atoms with Crippen molar-refractivity contribution in [3.8, 4) is 0 Å². The van der Waals surface area contributed by atoms with Gasteiger partial charge in [-0.2, -0.15) is 23.5 Å². The van der Waals surface area contributed by atoms with Crippen LogP contribution < -0.4 is 5.32 Å². The summed E-state index contributed by atoms with van der Waals surface area (Å²) in [6, 6.07) is 0.749. The van der Waals surface area contributed by atoms with Gasteiger partial charge in [-0.1, -0.05) is 59.3 Å². The van der Waals surface area contributed by atoms with Crippen molar-refractivity contribution in [2.24, 2.45) is 0 Å². The van der Waals surface area contributed by atoms with E-state index in [1.807, 2.05) is 0 Å². The Bertz CT molecular complexity index is 235. The molecule has 0 aromatic rings. The van der Waals surface area contributed by atoms with Gasteiger partial charge >= 0.3 is 0 Å². The van der Waals surface area contributed by atoms with E-state index in [9.17, 15) is 0 Å². The highest BCUT2D eigenvalue weighted by Gasteiger charge is 2.31. The minimum Gasteiger partial charge on any atom is -0.313 e. The number of hydrogen-bond acceptors (Lipinski definition) is 3. The standard InChI is InChI=1S/C18H37NS2/c1-4-7-8-9-10-11-12-16(19-13-5-2)18-17(6-3)20-14-15-21-18/h16-19H,4-15H2,1-3H3. The first-order chi connectivity index (χ1) is 10.3. The van der Waals surface area contributed by atoms with Gasteiger partial charge in [-0.05, 0) is 25.8 Å². The van der Waals surface area contributed by atoms with Crippen LogP contribution in [0.1, 0.15) is 78.6 Å². The molecule has 21 heavy (non-hydrogen) atoms. The van der Waals surface area contributed by atoms with E-state index in [0.717, 1.165) is 16.5 Å².